The van der Waals surface area contributed by atoms with Crippen molar-refractivity contribution in [3.8, 4) is 0 Å². The molecule has 0 N–H and O–H groups in total. The van der Waals surface area contributed by atoms with E-state index in [0.717, 1.165) is 58.7 Å². The maximum Gasteiger partial charge on any atom is 0.320 e. The minimum Gasteiger partial charge on any atom is -0.335 e. The maximum absolute atomic E-state index is 12.8. The van der Waals surface area contributed by atoms with Gasteiger partial charge in [-0.3, -0.25) is 0 Å². The number of aromatic nitrogens is 2. The Morgan fingerprint density at radius 3 is 2.75 bits per heavy atom. The molecule has 134 valence electrons. The number of likely N-dealkylation sites (tertiary alicyclic amines) is 1. The van der Waals surface area contributed by atoms with Crippen LogP contribution in [-0.4, -0.2) is 76.6 Å². The Labute approximate surface area is 145 Å². The van der Waals surface area contributed by atoms with Crippen LogP contribution < -0.4 is 0 Å². The fraction of sp³-hybridized carbons (Fsp3) is 0.778. The highest BCUT2D eigenvalue weighted by Gasteiger charge is 2.30. The smallest absolute Gasteiger partial charge is 0.320 e. The molecule has 2 aliphatic heterocycles. The first kappa shape index (κ1) is 17.3. The van der Waals surface area contributed by atoms with E-state index in [-0.39, 0.29) is 6.03 Å². The number of hydrogen-bond acceptors (Lipinski definition) is 3. The molecule has 2 amide bonds. The zero-order valence-corrected chi connectivity index (χ0v) is 15.2. The van der Waals surface area contributed by atoms with Crippen molar-refractivity contribution in [2.45, 2.75) is 45.1 Å². The van der Waals surface area contributed by atoms with E-state index in [0.29, 0.717) is 5.92 Å². The summed E-state index contributed by atoms with van der Waals surface area (Å²) in [5.74, 6) is 1.54. The Morgan fingerprint density at radius 2 is 2.00 bits per heavy atom. The first-order chi connectivity index (χ1) is 11.7. The summed E-state index contributed by atoms with van der Waals surface area (Å²) in [6.45, 7) is 8.60. The highest BCUT2D eigenvalue weighted by atomic mass is 16.2. The maximum atomic E-state index is 12.8. The quantitative estimate of drug-likeness (QED) is 0.849. The summed E-state index contributed by atoms with van der Waals surface area (Å²) in [5, 5.41) is 0. The Balaban J connectivity index is 1.62. The standard InChI is InChI=1S/C18H31N5O/c1-3-4-8-21-10-7-19-17(21)16-6-5-9-23(15-16)18(24)22-13-11-20(2)12-14-22/h7,10,16H,3-6,8-9,11-15H2,1-2H3. The van der Waals surface area contributed by atoms with Gasteiger partial charge in [-0.2, -0.15) is 0 Å². The minimum atomic E-state index is 0.222. The number of likely N-dealkylation sites (N-methyl/N-ethyl adjacent to an activating group) is 1. The summed E-state index contributed by atoms with van der Waals surface area (Å²) < 4.78 is 2.29. The molecule has 0 aliphatic carbocycles. The lowest BCUT2D eigenvalue weighted by atomic mass is 9.97. The van der Waals surface area contributed by atoms with Crippen LogP contribution >= 0.6 is 0 Å². The van der Waals surface area contributed by atoms with E-state index < -0.39 is 0 Å². The number of piperidine rings is 1. The summed E-state index contributed by atoms with van der Waals surface area (Å²) >= 11 is 0. The van der Waals surface area contributed by atoms with Gasteiger partial charge in [0.05, 0.1) is 0 Å². The van der Waals surface area contributed by atoms with Gasteiger partial charge in [0.25, 0.3) is 0 Å². The first-order valence-electron chi connectivity index (χ1n) is 9.42. The van der Waals surface area contributed by atoms with Crippen LogP contribution in [0.25, 0.3) is 0 Å². The predicted molar refractivity (Wildman–Crippen MR) is 95.1 cm³/mol. The largest absolute Gasteiger partial charge is 0.335 e. The number of piperazine rings is 1. The van der Waals surface area contributed by atoms with Gasteiger partial charge in [0.1, 0.15) is 5.82 Å². The van der Waals surface area contributed by atoms with Gasteiger partial charge in [-0.25, -0.2) is 9.78 Å². The summed E-state index contributed by atoms with van der Waals surface area (Å²) in [6.07, 6.45) is 8.58. The molecule has 0 radical (unpaired) electrons. The van der Waals surface area contributed by atoms with Crippen molar-refractivity contribution in [3.05, 3.63) is 18.2 Å². The van der Waals surface area contributed by atoms with Crippen LogP contribution in [0.4, 0.5) is 4.79 Å². The zero-order valence-electron chi connectivity index (χ0n) is 15.2. The van der Waals surface area contributed by atoms with Crippen LogP contribution in [0.1, 0.15) is 44.3 Å². The van der Waals surface area contributed by atoms with Gasteiger partial charge in [-0.15, -0.1) is 0 Å². The molecule has 3 rings (SSSR count). The predicted octanol–water partition coefficient (Wildman–Crippen LogP) is 2.23. The SMILES string of the molecule is CCCCn1ccnc1C1CCCN(C(=O)N2CCN(C)CC2)C1. The van der Waals surface area contributed by atoms with Crippen LogP contribution in [0.3, 0.4) is 0 Å². The molecule has 0 bridgehead atoms. The molecule has 1 atom stereocenters. The average Bonchev–Trinajstić information content (AvgIpc) is 3.08. The molecule has 0 spiro atoms. The first-order valence-corrected chi connectivity index (χ1v) is 9.42. The van der Waals surface area contributed by atoms with Crippen molar-refractivity contribution in [1.29, 1.82) is 0 Å². The number of nitrogens with zero attached hydrogens (tertiary/aromatic N) is 5. The van der Waals surface area contributed by atoms with Gasteiger partial charge in [0, 0.05) is 64.1 Å². The minimum absolute atomic E-state index is 0.222. The number of hydrogen-bond donors (Lipinski definition) is 0. The van der Waals surface area contributed by atoms with Crippen LogP contribution in [0, 0.1) is 0 Å². The molecular formula is C18H31N5O. The average molecular weight is 333 g/mol. The third kappa shape index (κ3) is 3.91. The van der Waals surface area contributed by atoms with Gasteiger partial charge in [0.15, 0.2) is 0 Å². The summed E-state index contributed by atoms with van der Waals surface area (Å²) in [7, 11) is 2.12. The number of amides is 2. The van der Waals surface area contributed by atoms with Crippen molar-refractivity contribution in [3.63, 3.8) is 0 Å². The zero-order chi connectivity index (χ0) is 16.9. The molecule has 1 aromatic rings. The fourth-order valence-corrected chi connectivity index (χ4v) is 3.76. The summed E-state index contributed by atoms with van der Waals surface area (Å²) in [5.41, 5.74) is 0. The number of aryl methyl sites for hydroxylation is 1. The van der Waals surface area contributed by atoms with E-state index in [9.17, 15) is 4.79 Å². The molecule has 3 heterocycles. The molecule has 6 heteroatoms. The molecule has 1 unspecified atom stereocenters. The van der Waals surface area contributed by atoms with Crippen molar-refractivity contribution in [1.82, 2.24) is 24.3 Å². The lowest BCUT2D eigenvalue weighted by Gasteiger charge is -2.39. The number of rotatable bonds is 4. The number of imidazole rings is 1. The number of unbranched alkanes of at least 4 members (excludes halogenated alkanes) is 1. The van der Waals surface area contributed by atoms with Crippen molar-refractivity contribution in [2.24, 2.45) is 0 Å². The van der Waals surface area contributed by atoms with Crippen LogP contribution in [0.5, 0.6) is 0 Å². The highest BCUT2D eigenvalue weighted by molar-refractivity contribution is 5.74. The van der Waals surface area contributed by atoms with Gasteiger partial charge >= 0.3 is 6.03 Å². The van der Waals surface area contributed by atoms with Crippen LogP contribution in [0.15, 0.2) is 12.4 Å². The van der Waals surface area contributed by atoms with E-state index in [2.05, 4.69) is 39.5 Å². The fourth-order valence-electron chi connectivity index (χ4n) is 3.76. The highest BCUT2D eigenvalue weighted by Crippen LogP contribution is 2.27. The molecular weight excluding hydrogens is 302 g/mol. The van der Waals surface area contributed by atoms with E-state index >= 15 is 0 Å². The third-order valence-electron chi connectivity index (χ3n) is 5.33. The van der Waals surface area contributed by atoms with Gasteiger partial charge in [-0.05, 0) is 26.3 Å². The monoisotopic (exact) mass is 333 g/mol. The van der Waals surface area contributed by atoms with Crippen molar-refractivity contribution >= 4 is 6.03 Å². The molecule has 0 aromatic carbocycles. The molecule has 2 fully saturated rings. The summed E-state index contributed by atoms with van der Waals surface area (Å²) in [4.78, 5) is 23.8. The molecule has 1 aromatic heterocycles. The topological polar surface area (TPSA) is 44.6 Å². The normalized spacial score (nSPS) is 22.8. The third-order valence-corrected chi connectivity index (χ3v) is 5.33. The second kappa shape index (κ2) is 8.01. The second-order valence-electron chi connectivity index (χ2n) is 7.19. The number of carbonyl (C=O) groups is 1. The van der Waals surface area contributed by atoms with Gasteiger partial charge in [0.2, 0.25) is 0 Å². The van der Waals surface area contributed by atoms with Gasteiger partial charge in [-0.1, -0.05) is 13.3 Å². The number of carbonyl (C=O) groups excluding carboxylic acids is 1. The Hall–Kier alpha value is -1.56. The van der Waals surface area contributed by atoms with Crippen molar-refractivity contribution < 1.29 is 4.79 Å². The second-order valence-corrected chi connectivity index (χ2v) is 7.19. The Morgan fingerprint density at radius 1 is 1.21 bits per heavy atom. The lowest BCUT2D eigenvalue weighted by molar-refractivity contribution is 0.111. The molecule has 2 saturated heterocycles. The lowest BCUT2D eigenvalue weighted by Crippen LogP contribution is -2.53. The van der Waals surface area contributed by atoms with Crippen LogP contribution in [0.2, 0.25) is 0 Å². The molecule has 2 aliphatic rings. The van der Waals surface area contributed by atoms with Gasteiger partial charge < -0.3 is 19.3 Å². The summed E-state index contributed by atoms with van der Waals surface area (Å²) in [6, 6.07) is 0.222. The Bertz CT molecular complexity index is 535. The molecule has 6 nitrogen and oxygen atoms in total. The molecule has 24 heavy (non-hydrogen) atoms. The van der Waals surface area contributed by atoms with E-state index in [1.807, 2.05) is 11.1 Å². The van der Waals surface area contributed by atoms with E-state index in [4.69, 9.17) is 0 Å². The van der Waals surface area contributed by atoms with Crippen molar-refractivity contribution in [2.75, 3.05) is 46.3 Å². The Kier molecular flexibility index (Phi) is 5.76. The van der Waals surface area contributed by atoms with E-state index in [1.165, 1.54) is 18.7 Å². The van der Waals surface area contributed by atoms with Crippen LogP contribution in [-0.2, 0) is 6.54 Å². The molecule has 0 saturated carbocycles. The van der Waals surface area contributed by atoms with E-state index in [1.54, 1.807) is 0 Å². The number of urea groups is 1.